The smallest absolute Gasteiger partial charge is 0.0707 e. The second-order valence-electron chi connectivity index (χ2n) is 13.4. The summed E-state index contributed by atoms with van der Waals surface area (Å²) in [5.41, 5.74) is 12.0. The molecule has 0 aliphatic heterocycles. The Morgan fingerprint density at radius 1 is 0.588 bits per heavy atom. The molecule has 1 nitrogen and oxygen atoms in total. The molecule has 8 rings (SSSR count). The van der Waals surface area contributed by atoms with Gasteiger partial charge in [0.25, 0.3) is 0 Å². The van der Waals surface area contributed by atoms with Crippen LogP contribution in [0.3, 0.4) is 0 Å². The highest BCUT2D eigenvalue weighted by molar-refractivity contribution is 6.24. The van der Waals surface area contributed by atoms with Crippen LogP contribution in [0.5, 0.6) is 0 Å². The minimum absolute atomic E-state index is 0.919. The van der Waals surface area contributed by atoms with Crippen molar-refractivity contribution in [2.45, 2.75) is 33.6 Å². The highest BCUT2D eigenvalue weighted by Gasteiger charge is 2.20. The van der Waals surface area contributed by atoms with Crippen LogP contribution in [0.2, 0.25) is 0 Å². The number of aromatic nitrogens is 1. The van der Waals surface area contributed by atoms with Crippen molar-refractivity contribution in [3.05, 3.63) is 187 Å². The summed E-state index contributed by atoms with van der Waals surface area (Å²) in [6, 6.07) is 51.3. The van der Waals surface area contributed by atoms with Gasteiger partial charge >= 0.3 is 0 Å². The number of nitrogens with zero attached hydrogens (tertiary/aromatic N) is 1. The van der Waals surface area contributed by atoms with E-state index >= 15 is 0 Å². The second-order valence-corrected chi connectivity index (χ2v) is 13.4. The van der Waals surface area contributed by atoms with Gasteiger partial charge in [0.05, 0.1) is 5.69 Å². The van der Waals surface area contributed by atoms with Gasteiger partial charge in [-0.3, -0.25) is 4.98 Å². The number of aryl methyl sites for hydroxylation is 1. The van der Waals surface area contributed by atoms with E-state index in [0.717, 1.165) is 29.7 Å². The SMILES string of the molecule is C=C/C(=C(\C=C(/C)CC)c1ccc(-c2c3ccccc3c(-c3ccc4cc(CC)ccc4c3)c3ccccc23)c2ccccc12)c1ccccn1. The first-order valence-corrected chi connectivity index (χ1v) is 18.0. The van der Waals surface area contributed by atoms with E-state index in [-0.39, 0.29) is 0 Å². The molecule has 0 saturated carbocycles. The van der Waals surface area contributed by atoms with Crippen LogP contribution in [0.4, 0.5) is 0 Å². The molecule has 0 aliphatic rings. The molecule has 0 aliphatic carbocycles. The van der Waals surface area contributed by atoms with Gasteiger partial charge < -0.3 is 0 Å². The number of allylic oxidation sites excluding steroid dienone is 5. The highest BCUT2D eigenvalue weighted by atomic mass is 14.7. The second kappa shape index (κ2) is 13.7. The predicted octanol–water partition coefficient (Wildman–Crippen LogP) is 14.0. The summed E-state index contributed by atoms with van der Waals surface area (Å²) in [7, 11) is 0. The first kappa shape index (κ1) is 32.2. The van der Waals surface area contributed by atoms with Crippen LogP contribution in [-0.2, 0) is 6.42 Å². The Labute approximate surface area is 300 Å². The van der Waals surface area contributed by atoms with Gasteiger partial charge in [0.1, 0.15) is 0 Å². The zero-order valence-electron chi connectivity index (χ0n) is 29.6. The van der Waals surface area contributed by atoms with Crippen LogP contribution in [-0.4, -0.2) is 4.98 Å². The van der Waals surface area contributed by atoms with Crippen molar-refractivity contribution >= 4 is 54.2 Å². The maximum atomic E-state index is 4.74. The van der Waals surface area contributed by atoms with Gasteiger partial charge in [-0.2, -0.15) is 0 Å². The van der Waals surface area contributed by atoms with Crippen molar-refractivity contribution in [1.29, 1.82) is 0 Å². The zero-order chi connectivity index (χ0) is 34.9. The maximum absolute atomic E-state index is 4.74. The largest absolute Gasteiger partial charge is 0.256 e. The summed E-state index contributed by atoms with van der Waals surface area (Å²) >= 11 is 0. The summed E-state index contributed by atoms with van der Waals surface area (Å²) in [5.74, 6) is 0. The summed E-state index contributed by atoms with van der Waals surface area (Å²) in [4.78, 5) is 4.74. The molecule has 0 N–H and O–H groups in total. The number of hydrogen-bond donors (Lipinski definition) is 0. The lowest BCUT2D eigenvalue weighted by Crippen LogP contribution is -1.96. The molecule has 51 heavy (non-hydrogen) atoms. The molecule has 0 radical (unpaired) electrons. The lowest BCUT2D eigenvalue weighted by molar-refractivity contribution is 1.10. The van der Waals surface area contributed by atoms with Gasteiger partial charge in [-0.15, -0.1) is 0 Å². The molecule has 0 spiro atoms. The predicted molar refractivity (Wildman–Crippen MR) is 222 cm³/mol. The average molecular weight is 656 g/mol. The standard InChI is InChI=1S/C50H41N/c1-5-33(4)30-47(38(7-3)48-22-14-15-29-51-48)41-27-28-46(40-17-9-8-16-39(40)41)50-44-20-12-10-18-42(44)49(43-19-11-13-21-45(43)50)37-26-25-35-31-34(6-2)23-24-36(35)32-37/h7-32H,3,5-6H2,1-2,4H3/b33-30+,47-38-. The molecule has 0 atom stereocenters. The Bertz CT molecular complexity index is 2620. The summed E-state index contributed by atoms with van der Waals surface area (Å²) in [6.45, 7) is 10.9. The van der Waals surface area contributed by atoms with Crippen LogP contribution in [0.25, 0.3) is 76.5 Å². The molecule has 0 bridgehead atoms. The maximum Gasteiger partial charge on any atom is 0.0707 e. The summed E-state index contributed by atoms with van der Waals surface area (Å²) < 4.78 is 0. The van der Waals surface area contributed by atoms with E-state index in [1.54, 1.807) is 0 Å². The van der Waals surface area contributed by atoms with Crippen molar-refractivity contribution in [3.63, 3.8) is 0 Å². The van der Waals surface area contributed by atoms with Crippen molar-refractivity contribution in [3.8, 4) is 22.3 Å². The van der Waals surface area contributed by atoms with Crippen LogP contribution in [0.15, 0.2) is 170 Å². The van der Waals surface area contributed by atoms with Crippen molar-refractivity contribution in [2.75, 3.05) is 0 Å². The molecule has 246 valence electrons. The molecule has 0 amide bonds. The van der Waals surface area contributed by atoms with Gasteiger partial charge in [0.2, 0.25) is 0 Å². The molecule has 0 unspecified atom stereocenters. The molecule has 0 fully saturated rings. The van der Waals surface area contributed by atoms with E-state index < -0.39 is 0 Å². The van der Waals surface area contributed by atoms with Crippen molar-refractivity contribution in [2.24, 2.45) is 0 Å². The molecule has 7 aromatic carbocycles. The Balaban J connectivity index is 1.42. The molecule has 1 aromatic heterocycles. The monoisotopic (exact) mass is 655 g/mol. The minimum atomic E-state index is 0.919. The number of hydrogen-bond acceptors (Lipinski definition) is 1. The topological polar surface area (TPSA) is 12.9 Å². The molecular weight excluding hydrogens is 615 g/mol. The molecule has 0 saturated heterocycles. The summed E-state index contributed by atoms with van der Waals surface area (Å²) in [5, 5.41) is 10.0. The van der Waals surface area contributed by atoms with Gasteiger partial charge in [0, 0.05) is 11.8 Å². The van der Waals surface area contributed by atoms with E-state index in [1.165, 1.54) is 82.0 Å². The van der Waals surface area contributed by atoms with E-state index in [4.69, 9.17) is 4.98 Å². The lowest BCUT2D eigenvalue weighted by Gasteiger charge is -2.20. The third-order valence-corrected chi connectivity index (χ3v) is 10.4. The Kier molecular flexibility index (Phi) is 8.64. The average Bonchev–Trinajstić information content (AvgIpc) is 3.19. The summed E-state index contributed by atoms with van der Waals surface area (Å²) in [6.07, 6.45) is 8.13. The van der Waals surface area contributed by atoms with Crippen LogP contribution < -0.4 is 0 Å². The number of rotatable bonds is 8. The molecule has 8 aromatic rings. The number of benzene rings is 7. The number of fused-ring (bicyclic) bond motifs is 4. The first-order valence-electron chi connectivity index (χ1n) is 18.0. The van der Waals surface area contributed by atoms with Gasteiger partial charge in [-0.05, 0) is 120 Å². The van der Waals surface area contributed by atoms with E-state index in [9.17, 15) is 0 Å². The Morgan fingerprint density at radius 2 is 1.20 bits per heavy atom. The molecular formula is C50H41N. The van der Waals surface area contributed by atoms with Crippen LogP contribution >= 0.6 is 0 Å². The van der Waals surface area contributed by atoms with Gasteiger partial charge in [0.15, 0.2) is 0 Å². The minimum Gasteiger partial charge on any atom is -0.256 e. The first-order chi connectivity index (χ1) is 25.1. The van der Waals surface area contributed by atoms with Gasteiger partial charge in [-0.1, -0.05) is 159 Å². The Morgan fingerprint density at radius 3 is 1.82 bits per heavy atom. The van der Waals surface area contributed by atoms with E-state index in [2.05, 4.69) is 161 Å². The van der Waals surface area contributed by atoms with Crippen LogP contribution in [0, 0.1) is 0 Å². The molecule has 1 heterocycles. The third-order valence-electron chi connectivity index (χ3n) is 10.4. The fraction of sp³-hybridized carbons (Fsp3) is 0.100. The zero-order valence-corrected chi connectivity index (χ0v) is 29.6. The fourth-order valence-electron chi connectivity index (χ4n) is 7.68. The van der Waals surface area contributed by atoms with Crippen molar-refractivity contribution in [1.82, 2.24) is 4.98 Å². The van der Waals surface area contributed by atoms with Crippen LogP contribution in [0.1, 0.15) is 44.0 Å². The fourth-order valence-corrected chi connectivity index (χ4v) is 7.68. The Hall–Kier alpha value is -6.05. The normalized spacial score (nSPS) is 12.5. The van der Waals surface area contributed by atoms with Gasteiger partial charge in [-0.25, -0.2) is 0 Å². The third kappa shape index (κ3) is 5.75. The van der Waals surface area contributed by atoms with Crippen molar-refractivity contribution < 1.29 is 0 Å². The molecule has 1 heteroatoms. The van der Waals surface area contributed by atoms with E-state index in [0.29, 0.717) is 0 Å². The lowest BCUT2D eigenvalue weighted by atomic mass is 9.83. The van der Waals surface area contributed by atoms with E-state index in [1.807, 2.05) is 24.4 Å². The quantitative estimate of drug-likeness (QED) is 0.117. The highest BCUT2D eigenvalue weighted by Crippen LogP contribution is 2.47. The number of pyridine rings is 1.